The zero-order chi connectivity index (χ0) is 14.8. The number of methoxy groups -OCH3 is 1. The molecule has 0 N–H and O–H groups in total. The maximum Gasteiger partial charge on any atom is 0.119 e. The van der Waals surface area contributed by atoms with Gasteiger partial charge >= 0.3 is 0 Å². The Hall–Kier alpha value is -2.80. The van der Waals surface area contributed by atoms with Gasteiger partial charge in [-0.05, 0) is 35.9 Å². The Kier molecular flexibility index (Phi) is 3.33. The van der Waals surface area contributed by atoms with Crippen molar-refractivity contribution in [1.82, 2.24) is 9.55 Å². The van der Waals surface area contributed by atoms with Crippen molar-refractivity contribution in [2.75, 3.05) is 7.11 Å². The summed E-state index contributed by atoms with van der Waals surface area (Å²) >= 11 is 0. The number of benzene rings is 2. The van der Waals surface area contributed by atoms with Crippen molar-refractivity contribution in [1.29, 1.82) is 5.26 Å². The molecule has 1 heterocycles. The van der Waals surface area contributed by atoms with E-state index in [1.807, 2.05) is 43.4 Å². The summed E-state index contributed by atoms with van der Waals surface area (Å²) in [6.45, 7) is 0. The molecule has 3 rings (SSSR count). The average molecular weight is 277 g/mol. The van der Waals surface area contributed by atoms with Crippen LogP contribution in [0.25, 0.3) is 11.0 Å². The van der Waals surface area contributed by atoms with Crippen LogP contribution in [0, 0.1) is 11.3 Å². The standard InChI is InChI=1S/C17H15N3O/c1-20-16-7-6-13(11-18)9-15(16)19-17(20)10-12-4-3-5-14(8-12)21-2/h3-9H,10H2,1-2H3. The summed E-state index contributed by atoms with van der Waals surface area (Å²) in [5.74, 6) is 1.81. The third-order valence-electron chi connectivity index (χ3n) is 3.60. The number of rotatable bonds is 3. The number of ether oxygens (including phenoxy) is 1. The molecule has 0 saturated heterocycles. The minimum Gasteiger partial charge on any atom is -0.497 e. The van der Waals surface area contributed by atoms with Gasteiger partial charge in [-0.15, -0.1) is 0 Å². The van der Waals surface area contributed by atoms with Crippen LogP contribution in [0.2, 0.25) is 0 Å². The summed E-state index contributed by atoms with van der Waals surface area (Å²) in [6.07, 6.45) is 0.726. The fourth-order valence-corrected chi connectivity index (χ4v) is 2.44. The van der Waals surface area contributed by atoms with Gasteiger partial charge in [-0.2, -0.15) is 5.26 Å². The molecule has 0 unspecified atom stereocenters. The smallest absolute Gasteiger partial charge is 0.119 e. The molecule has 4 heteroatoms. The first kappa shape index (κ1) is 13.2. The lowest BCUT2D eigenvalue weighted by atomic mass is 10.1. The Morgan fingerprint density at radius 3 is 2.86 bits per heavy atom. The van der Waals surface area contributed by atoms with E-state index < -0.39 is 0 Å². The molecule has 0 spiro atoms. The van der Waals surface area contributed by atoms with E-state index in [0.717, 1.165) is 34.6 Å². The molecule has 4 nitrogen and oxygen atoms in total. The minimum atomic E-state index is 0.633. The molecule has 0 radical (unpaired) electrons. The predicted octanol–water partition coefficient (Wildman–Crippen LogP) is 3.04. The second kappa shape index (κ2) is 5.29. The Morgan fingerprint density at radius 2 is 2.10 bits per heavy atom. The van der Waals surface area contributed by atoms with Gasteiger partial charge in [-0.25, -0.2) is 4.98 Å². The molecule has 104 valence electrons. The number of imidazole rings is 1. The van der Waals surface area contributed by atoms with E-state index in [1.165, 1.54) is 0 Å². The average Bonchev–Trinajstić information content (AvgIpc) is 2.83. The molecule has 0 amide bonds. The molecule has 0 saturated carbocycles. The maximum absolute atomic E-state index is 8.97. The van der Waals surface area contributed by atoms with E-state index in [0.29, 0.717) is 5.56 Å². The van der Waals surface area contributed by atoms with Gasteiger partial charge in [0.25, 0.3) is 0 Å². The highest BCUT2D eigenvalue weighted by Gasteiger charge is 2.09. The van der Waals surface area contributed by atoms with Crippen LogP contribution in [-0.4, -0.2) is 16.7 Å². The molecule has 0 aliphatic rings. The van der Waals surface area contributed by atoms with Crippen molar-refractivity contribution >= 4 is 11.0 Å². The summed E-state index contributed by atoms with van der Waals surface area (Å²) in [5, 5.41) is 8.97. The number of nitriles is 1. The van der Waals surface area contributed by atoms with Gasteiger partial charge in [0.15, 0.2) is 0 Å². The van der Waals surface area contributed by atoms with Crippen molar-refractivity contribution in [2.45, 2.75) is 6.42 Å². The van der Waals surface area contributed by atoms with Crippen LogP contribution in [0.4, 0.5) is 0 Å². The molecule has 0 aliphatic heterocycles. The second-order valence-corrected chi connectivity index (χ2v) is 4.93. The molecular weight excluding hydrogens is 262 g/mol. The lowest BCUT2D eigenvalue weighted by Crippen LogP contribution is -1.99. The first-order chi connectivity index (χ1) is 10.2. The topological polar surface area (TPSA) is 50.8 Å². The molecule has 3 aromatic rings. The van der Waals surface area contributed by atoms with E-state index in [2.05, 4.69) is 21.7 Å². The number of hydrogen-bond acceptors (Lipinski definition) is 3. The first-order valence-corrected chi connectivity index (χ1v) is 6.69. The maximum atomic E-state index is 8.97. The number of aryl methyl sites for hydroxylation is 1. The lowest BCUT2D eigenvalue weighted by molar-refractivity contribution is 0.414. The Balaban J connectivity index is 2.00. The minimum absolute atomic E-state index is 0.633. The van der Waals surface area contributed by atoms with Gasteiger partial charge in [0.05, 0.1) is 29.8 Å². The van der Waals surface area contributed by atoms with Crippen molar-refractivity contribution in [3.05, 3.63) is 59.4 Å². The highest BCUT2D eigenvalue weighted by molar-refractivity contribution is 5.77. The molecule has 1 aromatic heterocycles. The van der Waals surface area contributed by atoms with Gasteiger partial charge < -0.3 is 9.30 Å². The monoisotopic (exact) mass is 277 g/mol. The Morgan fingerprint density at radius 1 is 1.24 bits per heavy atom. The number of nitrogens with zero attached hydrogens (tertiary/aromatic N) is 3. The van der Waals surface area contributed by atoms with Crippen LogP contribution >= 0.6 is 0 Å². The van der Waals surface area contributed by atoms with Gasteiger partial charge in [0, 0.05) is 13.5 Å². The third-order valence-corrected chi connectivity index (χ3v) is 3.60. The van der Waals surface area contributed by atoms with Gasteiger partial charge in [0.2, 0.25) is 0 Å². The molecule has 0 aliphatic carbocycles. The number of fused-ring (bicyclic) bond motifs is 1. The van der Waals surface area contributed by atoms with Crippen LogP contribution in [0.3, 0.4) is 0 Å². The SMILES string of the molecule is COc1cccc(Cc2nc3cc(C#N)ccc3n2C)c1. The largest absolute Gasteiger partial charge is 0.497 e. The normalized spacial score (nSPS) is 10.5. The van der Waals surface area contributed by atoms with Gasteiger partial charge in [-0.3, -0.25) is 0 Å². The lowest BCUT2D eigenvalue weighted by Gasteiger charge is -2.05. The highest BCUT2D eigenvalue weighted by atomic mass is 16.5. The van der Waals surface area contributed by atoms with E-state index >= 15 is 0 Å². The van der Waals surface area contributed by atoms with Crippen LogP contribution in [0.15, 0.2) is 42.5 Å². The van der Waals surface area contributed by atoms with Crippen molar-refractivity contribution in [2.24, 2.45) is 7.05 Å². The van der Waals surface area contributed by atoms with Crippen LogP contribution in [0.1, 0.15) is 17.0 Å². The van der Waals surface area contributed by atoms with Gasteiger partial charge in [-0.1, -0.05) is 12.1 Å². The first-order valence-electron chi connectivity index (χ1n) is 6.69. The van der Waals surface area contributed by atoms with E-state index in [4.69, 9.17) is 10.00 Å². The molecule has 21 heavy (non-hydrogen) atoms. The Bertz CT molecular complexity index is 843. The molecule has 0 atom stereocenters. The fourth-order valence-electron chi connectivity index (χ4n) is 2.44. The van der Waals surface area contributed by atoms with Crippen molar-refractivity contribution < 1.29 is 4.74 Å². The molecule has 0 fully saturated rings. The van der Waals surface area contributed by atoms with Crippen LogP contribution in [0.5, 0.6) is 5.75 Å². The second-order valence-electron chi connectivity index (χ2n) is 4.93. The Labute approximate surface area is 123 Å². The summed E-state index contributed by atoms with van der Waals surface area (Å²) in [4.78, 5) is 4.64. The van der Waals surface area contributed by atoms with E-state index in [-0.39, 0.29) is 0 Å². The number of aromatic nitrogens is 2. The van der Waals surface area contributed by atoms with E-state index in [1.54, 1.807) is 7.11 Å². The molecule has 2 aromatic carbocycles. The highest BCUT2D eigenvalue weighted by Crippen LogP contribution is 2.20. The fraction of sp³-hybridized carbons (Fsp3) is 0.176. The zero-order valence-electron chi connectivity index (χ0n) is 12.0. The summed E-state index contributed by atoms with van der Waals surface area (Å²) in [5.41, 5.74) is 3.67. The van der Waals surface area contributed by atoms with Crippen molar-refractivity contribution in [3.63, 3.8) is 0 Å². The summed E-state index contributed by atoms with van der Waals surface area (Å²) in [6, 6.07) is 15.7. The molecule has 0 bridgehead atoms. The van der Waals surface area contributed by atoms with E-state index in [9.17, 15) is 0 Å². The van der Waals surface area contributed by atoms with Crippen molar-refractivity contribution in [3.8, 4) is 11.8 Å². The number of hydrogen-bond donors (Lipinski definition) is 0. The summed E-state index contributed by atoms with van der Waals surface area (Å²) in [7, 11) is 3.66. The third kappa shape index (κ3) is 2.46. The molecular formula is C17H15N3O. The summed E-state index contributed by atoms with van der Waals surface area (Å²) < 4.78 is 7.31. The predicted molar refractivity (Wildman–Crippen MR) is 81.2 cm³/mol. The van der Waals surface area contributed by atoms with Gasteiger partial charge in [0.1, 0.15) is 11.6 Å². The quantitative estimate of drug-likeness (QED) is 0.739. The zero-order valence-corrected chi connectivity index (χ0v) is 12.0. The van der Waals surface area contributed by atoms with Crippen LogP contribution < -0.4 is 4.74 Å². The van der Waals surface area contributed by atoms with Crippen LogP contribution in [-0.2, 0) is 13.5 Å².